The summed E-state index contributed by atoms with van der Waals surface area (Å²) in [5.41, 5.74) is -0.110. The van der Waals surface area contributed by atoms with Crippen molar-refractivity contribution in [2.24, 2.45) is 0 Å². The van der Waals surface area contributed by atoms with Crippen LogP contribution in [0.3, 0.4) is 0 Å². The topological polar surface area (TPSA) is 71.3 Å². The molecule has 6 nitrogen and oxygen atoms in total. The second-order valence-corrected chi connectivity index (χ2v) is 5.91. The van der Waals surface area contributed by atoms with E-state index in [0.29, 0.717) is 10.9 Å². The van der Waals surface area contributed by atoms with E-state index >= 15 is 0 Å². The number of hydrogen-bond acceptors (Lipinski definition) is 5. The number of nitro groups is 1. The van der Waals surface area contributed by atoms with Crippen molar-refractivity contribution >= 4 is 33.9 Å². The van der Waals surface area contributed by atoms with Crippen molar-refractivity contribution < 1.29 is 13.7 Å². The summed E-state index contributed by atoms with van der Waals surface area (Å²) in [6.07, 6.45) is 0. The molecule has 0 amide bonds. The van der Waals surface area contributed by atoms with Gasteiger partial charge in [0, 0.05) is 11.9 Å². The molecule has 3 rings (SSSR count). The zero-order chi connectivity index (χ0) is 16.8. The molecule has 1 N–H and O–H groups in total. The van der Waals surface area contributed by atoms with Crippen LogP contribution in [0.4, 0.5) is 20.2 Å². The molecule has 0 radical (unpaired) electrons. The Kier molecular flexibility index (Phi) is 3.81. The minimum atomic E-state index is -3.00. The van der Waals surface area contributed by atoms with Crippen molar-refractivity contribution in [2.45, 2.75) is 12.0 Å². The number of alkyl halides is 2. The third-order valence-corrected chi connectivity index (χ3v) is 4.07. The Morgan fingerprint density at radius 2 is 2.17 bits per heavy atom. The molecule has 2 heterocycles. The zero-order valence-electron chi connectivity index (χ0n) is 12.1. The molecule has 1 saturated heterocycles. The highest BCUT2D eigenvalue weighted by Crippen LogP contribution is 2.40. The monoisotopic (exact) mass is 342 g/mol. The van der Waals surface area contributed by atoms with Gasteiger partial charge in [-0.2, -0.15) is 0 Å². The van der Waals surface area contributed by atoms with Crippen LogP contribution in [0.25, 0.3) is 10.9 Å². The Morgan fingerprint density at radius 1 is 1.48 bits per heavy atom. The van der Waals surface area contributed by atoms with E-state index < -0.39 is 29.1 Å². The number of halogens is 3. The highest BCUT2D eigenvalue weighted by Gasteiger charge is 2.47. The molecule has 1 unspecified atom stereocenters. The van der Waals surface area contributed by atoms with Crippen LogP contribution in [-0.4, -0.2) is 46.9 Å². The summed E-state index contributed by atoms with van der Waals surface area (Å²) in [6.45, 7) is -0.340. The normalized spacial score (nSPS) is 20.8. The fourth-order valence-electron chi connectivity index (χ4n) is 2.79. The average molecular weight is 343 g/mol. The third-order valence-electron chi connectivity index (χ3n) is 3.81. The first kappa shape index (κ1) is 15.8. The number of rotatable bonds is 3. The number of pyridine rings is 1. The predicted octanol–water partition coefficient (Wildman–Crippen LogP) is 3.16. The highest BCUT2D eigenvalue weighted by molar-refractivity contribution is 6.33. The van der Waals surface area contributed by atoms with Gasteiger partial charge in [0.1, 0.15) is 11.7 Å². The van der Waals surface area contributed by atoms with Gasteiger partial charge >= 0.3 is 5.69 Å². The molecule has 23 heavy (non-hydrogen) atoms. The fraction of sp³-hybridized carbons (Fsp3) is 0.357. The molecule has 1 fully saturated rings. The minimum absolute atomic E-state index is 0.0226. The van der Waals surface area contributed by atoms with E-state index in [2.05, 4.69) is 10.3 Å². The zero-order valence-corrected chi connectivity index (χ0v) is 12.8. The lowest BCUT2D eigenvalue weighted by Gasteiger charge is -2.21. The second kappa shape index (κ2) is 5.54. The first-order valence-electron chi connectivity index (χ1n) is 6.85. The van der Waals surface area contributed by atoms with Gasteiger partial charge in [-0.1, -0.05) is 29.8 Å². The van der Waals surface area contributed by atoms with Crippen LogP contribution in [0.15, 0.2) is 24.3 Å². The first-order valence-corrected chi connectivity index (χ1v) is 7.23. The van der Waals surface area contributed by atoms with Crippen molar-refractivity contribution in [3.8, 4) is 0 Å². The number of para-hydroxylation sites is 1. The first-order chi connectivity index (χ1) is 10.8. The summed E-state index contributed by atoms with van der Waals surface area (Å²) in [6, 6.07) is 5.32. The van der Waals surface area contributed by atoms with Crippen LogP contribution >= 0.6 is 11.6 Å². The van der Waals surface area contributed by atoms with Crippen LogP contribution in [-0.2, 0) is 0 Å². The molecule has 2 aromatic rings. The number of likely N-dealkylation sites (N-methyl/N-ethyl adjacent to an activating group) is 1. The lowest BCUT2D eigenvalue weighted by atomic mass is 10.1. The van der Waals surface area contributed by atoms with Crippen LogP contribution < -0.4 is 5.32 Å². The van der Waals surface area contributed by atoms with Gasteiger partial charge in [0.05, 0.1) is 17.0 Å². The van der Waals surface area contributed by atoms with E-state index in [-0.39, 0.29) is 17.4 Å². The Labute approximate surface area is 135 Å². The summed E-state index contributed by atoms with van der Waals surface area (Å²) in [7, 11) is 1.57. The SMILES string of the molecule is CN1CC(Nc2c([N+](=O)[O-])c(Cl)nc3ccccc23)C(F)(F)C1. The summed E-state index contributed by atoms with van der Waals surface area (Å²) in [5, 5.41) is 14.0. The Bertz CT molecular complexity index is 787. The van der Waals surface area contributed by atoms with Crippen LogP contribution in [0.2, 0.25) is 5.15 Å². The summed E-state index contributed by atoms with van der Waals surface area (Å²) in [5.74, 6) is -3.00. The van der Waals surface area contributed by atoms with Crippen molar-refractivity contribution in [3.63, 3.8) is 0 Å². The molecule has 1 aromatic heterocycles. The van der Waals surface area contributed by atoms with E-state index in [1.807, 2.05) is 0 Å². The van der Waals surface area contributed by atoms with Crippen LogP contribution in [0.5, 0.6) is 0 Å². The van der Waals surface area contributed by atoms with Gasteiger partial charge in [-0.05, 0) is 13.1 Å². The van der Waals surface area contributed by atoms with Crippen molar-refractivity contribution in [1.82, 2.24) is 9.88 Å². The quantitative estimate of drug-likeness (QED) is 0.527. The molecular formula is C14H13ClF2N4O2. The van der Waals surface area contributed by atoms with E-state index in [0.717, 1.165) is 0 Å². The van der Waals surface area contributed by atoms with Gasteiger partial charge in [-0.25, -0.2) is 13.8 Å². The molecule has 1 atom stereocenters. The molecular weight excluding hydrogens is 330 g/mol. The van der Waals surface area contributed by atoms with Crippen LogP contribution in [0, 0.1) is 10.1 Å². The largest absolute Gasteiger partial charge is 0.369 e. The number of nitrogens with zero attached hydrogens (tertiary/aromatic N) is 3. The van der Waals surface area contributed by atoms with Crippen molar-refractivity contribution in [2.75, 3.05) is 25.5 Å². The number of nitrogens with one attached hydrogen (secondary N) is 1. The van der Waals surface area contributed by atoms with Gasteiger partial charge < -0.3 is 5.32 Å². The highest BCUT2D eigenvalue weighted by atomic mass is 35.5. The lowest BCUT2D eigenvalue weighted by molar-refractivity contribution is -0.384. The fourth-order valence-corrected chi connectivity index (χ4v) is 3.04. The molecule has 122 valence electrons. The number of hydrogen-bond donors (Lipinski definition) is 1. The smallest absolute Gasteiger partial charge is 0.329 e. The number of aromatic nitrogens is 1. The molecule has 0 bridgehead atoms. The van der Waals surface area contributed by atoms with Gasteiger partial charge in [-0.15, -0.1) is 0 Å². The molecule has 0 saturated carbocycles. The summed E-state index contributed by atoms with van der Waals surface area (Å²) < 4.78 is 28.1. The molecule has 0 aliphatic carbocycles. The lowest BCUT2D eigenvalue weighted by Crippen LogP contribution is -2.38. The molecule has 1 aliphatic heterocycles. The minimum Gasteiger partial charge on any atom is -0.369 e. The number of anilines is 1. The number of benzene rings is 1. The summed E-state index contributed by atoms with van der Waals surface area (Å²) in [4.78, 5) is 16.1. The molecule has 0 spiro atoms. The van der Waals surface area contributed by atoms with E-state index in [1.54, 1.807) is 31.3 Å². The van der Waals surface area contributed by atoms with Crippen molar-refractivity contribution in [1.29, 1.82) is 0 Å². The standard InChI is InChI=1S/C14H13ClF2N4O2/c1-20-6-10(14(16,17)7-20)19-11-8-4-2-3-5-9(8)18-13(15)12(11)21(22)23/h2-5,10H,6-7H2,1H3,(H,18,19). The second-order valence-electron chi connectivity index (χ2n) is 5.56. The van der Waals surface area contributed by atoms with Crippen LogP contribution in [0.1, 0.15) is 0 Å². The molecule has 1 aromatic carbocycles. The molecule has 9 heteroatoms. The van der Waals surface area contributed by atoms with E-state index in [9.17, 15) is 18.9 Å². The Morgan fingerprint density at radius 3 is 2.78 bits per heavy atom. The number of fused-ring (bicyclic) bond motifs is 1. The Balaban J connectivity index is 2.15. The van der Waals surface area contributed by atoms with Gasteiger partial charge in [0.2, 0.25) is 5.15 Å². The third kappa shape index (κ3) is 2.79. The van der Waals surface area contributed by atoms with Crippen molar-refractivity contribution in [3.05, 3.63) is 39.5 Å². The molecule has 1 aliphatic rings. The van der Waals surface area contributed by atoms with E-state index in [4.69, 9.17) is 11.6 Å². The maximum absolute atomic E-state index is 14.1. The predicted molar refractivity (Wildman–Crippen MR) is 83.3 cm³/mol. The van der Waals surface area contributed by atoms with Gasteiger partial charge in [-0.3, -0.25) is 15.0 Å². The maximum Gasteiger partial charge on any atom is 0.329 e. The Hall–Kier alpha value is -2.06. The maximum atomic E-state index is 14.1. The van der Waals surface area contributed by atoms with E-state index in [1.165, 1.54) is 4.90 Å². The average Bonchev–Trinajstić information content (AvgIpc) is 2.70. The van der Waals surface area contributed by atoms with Gasteiger partial charge in [0.25, 0.3) is 5.92 Å². The summed E-state index contributed by atoms with van der Waals surface area (Å²) >= 11 is 5.90. The number of likely N-dealkylation sites (tertiary alicyclic amines) is 1. The van der Waals surface area contributed by atoms with Gasteiger partial charge in [0.15, 0.2) is 0 Å².